The molecule has 1 fully saturated rings. The predicted octanol–water partition coefficient (Wildman–Crippen LogP) is 2.32. The van der Waals surface area contributed by atoms with Crippen molar-refractivity contribution in [3.8, 4) is 0 Å². The zero-order chi connectivity index (χ0) is 25.4. The minimum absolute atomic E-state index is 0.0390. The highest BCUT2D eigenvalue weighted by Crippen LogP contribution is 2.32. The van der Waals surface area contributed by atoms with E-state index in [9.17, 15) is 40.7 Å². The van der Waals surface area contributed by atoms with E-state index in [1.165, 1.54) is 4.90 Å². The van der Waals surface area contributed by atoms with Gasteiger partial charge in [0.15, 0.2) is 0 Å². The summed E-state index contributed by atoms with van der Waals surface area (Å²) in [5.41, 5.74) is -5.24. The lowest BCUT2D eigenvalue weighted by atomic mass is 10.1. The van der Waals surface area contributed by atoms with Crippen LogP contribution in [0.3, 0.4) is 0 Å². The van der Waals surface area contributed by atoms with Gasteiger partial charge in [0, 0.05) is 26.2 Å². The first kappa shape index (κ1) is 26.8. The van der Waals surface area contributed by atoms with Gasteiger partial charge < -0.3 is 20.1 Å². The third kappa shape index (κ3) is 6.12. The van der Waals surface area contributed by atoms with Crippen molar-refractivity contribution < 1.29 is 45.4 Å². The molecule has 1 heterocycles. The number of carbonyl (C=O) groups excluding carboxylic acids is 2. The van der Waals surface area contributed by atoms with Crippen LogP contribution in [0.4, 0.5) is 28.0 Å². The quantitative estimate of drug-likeness (QED) is 0.615. The van der Waals surface area contributed by atoms with Crippen LogP contribution in [0, 0.1) is 5.82 Å². The molecule has 2 rings (SSSR count). The molecule has 14 heteroatoms. The van der Waals surface area contributed by atoms with Crippen LogP contribution in [0.5, 0.6) is 0 Å². The Balaban J connectivity index is 2.11. The number of hydrogen-bond acceptors (Lipinski definition) is 6. The first-order valence-electron chi connectivity index (χ1n) is 9.74. The molecule has 186 valence electrons. The lowest BCUT2D eigenvalue weighted by Gasteiger charge is -2.35. The number of halogens is 4. The van der Waals surface area contributed by atoms with Crippen molar-refractivity contribution in [3.63, 3.8) is 0 Å². The Hall–Kier alpha value is -2.45. The van der Waals surface area contributed by atoms with Gasteiger partial charge in [-0.3, -0.25) is 4.79 Å². The molecule has 9 nitrogen and oxygen atoms in total. The van der Waals surface area contributed by atoms with Gasteiger partial charge in [0.2, 0.25) is 15.6 Å². The van der Waals surface area contributed by atoms with E-state index in [0.29, 0.717) is 6.07 Å². The Morgan fingerprint density at radius 3 is 2.06 bits per heavy atom. The summed E-state index contributed by atoms with van der Waals surface area (Å²) in [5, 5.41) is 11.0. The number of aliphatic hydroxyl groups is 1. The van der Waals surface area contributed by atoms with Crippen LogP contribution in [0.25, 0.3) is 0 Å². The highest BCUT2D eigenvalue weighted by atomic mass is 32.2. The maximum Gasteiger partial charge on any atom is 0.426 e. The molecule has 0 aliphatic carbocycles. The van der Waals surface area contributed by atoms with Crippen molar-refractivity contribution in [1.29, 1.82) is 0 Å². The lowest BCUT2D eigenvalue weighted by Crippen LogP contribution is -2.52. The Morgan fingerprint density at radius 1 is 1.06 bits per heavy atom. The molecule has 2 N–H and O–H groups in total. The number of nitrogens with one attached hydrogen (secondary N) is 1. The van der Waals surface area contributed by atoms with Crippen LogP contribution in [0.15, 0.2) is 23.1 Å². The molecule has 2 amide bonds. The molecule has 0 radical (unpaired) electrons. The van der Waals surface area contributed by atoms with Crippen LogP contribution >= 0.6 is 0 Å². The second-order valence-corrected chi connectivity index (χ2v) is 10.5. The zero-order valence-electron chi connectivity index (χ0n) is 18.4. The molecular formula is C19H25F4N3O6S. The number of rotatable bonds is 4. The van der Waals surface area contributed by atoms with Crippen molar-refractivity contribution in [2.45, 2.75) is 50.0 Å². The van der Waals surface area contributed by atoms with Crippen molar-refractivity contribution in [1.82, 2.24) is 9.21 Å². The Bertz CT molecular complexity index is 1010. The van der Waals surface area contributed by atoms with Crippen LogP contribution in [0.1, 0.15) is 27.7 Å². The summed E-state index contributed by atoms with van der Waals surface area (Å²) in [4.78, 5) is 24.7. The summed E-state index contributed by atoms with van der Waals surface area (Å²) in [7, 11) is -4.19. The number of amides is 2. The summed E-state index contributed by atoms with van der Waals surface area (Å²) < 4.78 is 84.5. The molecule has 1 aromatic carbocycles. The standard InChI is InChI=1S/C19H25F4N3O6S/c1-17(2,3)32-16(28)25-7-9-26(10-8-25)33(30,31)12-5-6-14(13(20)11-12)24-15(27)18(4,29)19(21,22)23/h5-6,11,29H,7-10H2,1-4H3,(H,24,27)/t18-/m1/s1. The van der Waals surface area contributed by atoms with E-state index in [2.05, 4.69) is 0 Å². The van der Waals surface area contributed by atoms with E-state index in [1.807, 2.05) is 0 Å². The minimum Gasteiger partial charge on any atom is -0.444 e. The maximum atomic E-state index is 14.4. The monoisotopic (exact) mass is 499 g/mol. The Labute approximate surface area is 188 Å². The normalized spacial score (nSPS) is 17.9. The number of anilines is 1. The van der Waals surface area contributed by atoms with E-state index in [0.717, 1.165) is 16.4 Å². The van der Waals surface area contributed by atoms with Gasteiger partial charge in [-0.25, -0.2) is 17.6 Å². The molecule has 0 unspecified atom stereocenters. The number of benzene rings is 1. The van der Waals surface area contributed by atoms with Gasteiger partial charge >= 0.3 is 12.3 Å². The van der Waals surface area contributed by atoms with Gasteiger partial charge in [0.05, 0.1) is 10.6 Å². The molecular weight excluding hydrogens is 474 g/mol. The summed E-state index contributed by atoms with van der Waals surface area (Å²) >= 11 is 0. The highest BCUT2D eigenvalue weighted by Gasteiger charge is 2.55. The van der Waals surface area contributed by atoms with Gasteiger partial charge in [-0.1, -0.05) is 0 Å². The van der Waals surface area contributed by atoms with Crippen molar-refractivity contribution in [2.24, 2.45) is 0 Å². The van der Waals surface area contributed by atoms with Gasteiger partial charge in [0.25, 0.3) is 5.91 Å². The number of piperazine rings is 1. The SMILES string of the molecule is CC(C)(C)OC(=O)N1CCN(S(=O)(=O)c2ccc(NC(=O)[C@@](C)(O)C(F)(F)F)c(F)c2)CC1. The van der Waals surface area contributed by atoms with Gasteiger partial charge in [-0.15, -0.1) is 0 Å². The second-order valence-electron chi connectivity index (χ2n) is 8.54. The summed E-state index contributed by atoms with van der Waals surface area (Å²) in [6, 6.07) is 2.24. The Morgan fingerprint density at radius 2 is 1.61 bits per heavy atom. The second kappa shape index (κ2) is 9.06. The number of carbonyl (C=O) groups is 2. The van der Waals surface area contributed by atoms with Crippen LogP contribution in [-0.2, 0) is 19.6 Å². The van der Waals surface area contributed by atoms with Crippen molar-refractivity contribution in [2.75, 3.05) is 31.5 Å². The summed E-state index contributed by atoms with van der Waals surface area (Å²) in [6.45, 7) is 5.18. The number of sulfonamides is 1. The maximum absolute atomic E-state index is 14.4. The fraction of sp³-hybridized carbons (Fsp3) is 0.579. The topological polar surface area (TPSA) is 116 Å². The fourth-order valence-corrected chi connectivity index (χ4v) is 4.15. The van der Waals surface area contributed by atoms with E-state index >= 15 is 0 Å². The third-order valence-electron chi connectivity index (χ3n) is 4.71. The molecule has 1 aliphatic heterocycles. The van der Waals surface area contributed by atoms with Gasteiger partial charge in [-0.05, 0) is 45.9 Å². The van der Waals surface area contributed by atoms with E-state index in [1.54, 1.807) is 26.1 Å². The molecule has 0 bridgehead atoms. The number of alkyl halides is 3. The van der Waals surface area contributed by atoms with E-state index < -0.39 is 55.8 Å². The third-order valence-corrected chi connectivity index (χ3v) is 6.61. The van der Waals surface area contributed by atoms with E-state index in [-0.39, 0.29) is 33.1 Å². The molecule has 1 atom stereocenters. The Kier molecular flexibility index (Phi) is 7.36. The largest absolute Gasteiger partial charge is 0.444 e. The lowest BCUT2D eigenvalue weighted by molar-refractivity contribution is -0.242. The summed E-state index contributed by atoms with van der Waals surface area (Å²) in [5.74, 6) is -3.24. The highest BCUT2D eigenvalue weighted by molar-refractivity contribution is 7.89. The average molecular weight is 499 g/mol. The van der Waals surface area contributed by atoms with Crippen LogP contribution in [-0.4, -0.2) is 78.3 Å². The number of hydrogen-bond donors (Lipinski definition) is 2. The van der Waals surface area contributed by atoms with Crippen LogP contribution in [0.2, 0.25) is 0 Å². The first-order valence-corrected chi connectivity index (χ1v) is 11.2. The zero-order valence-corrected chi connectivity index (χ0v) is 19.2. The van der Waals surface area contributed by atoms with Gasteiger partial charge in [0.1, 0.15) is 11.4 Å². The summed E-state index contributed by atoms with van der Waals surface area (Å²) in [6.07, 6.45) is -5.90. The average Bonchev–Trinajstić information content (AvgIpc) is 2.67. The van der Waals surface area contributed by atoms with Crippen LogP contribution < -0.4 is 5.32 Å². The first-order chi connectivity index (χ1) is 14.9. The molecule has 0 saturated carbocycles. The molecule has 1 saturated heterocycles. The molecule has 0 spiro atoms. The molecule has 0 aromatic heterocycles. The fourth-order valence-electron chi connectivity index (χ4n) is 2.72. The number of ether oxygens (including phenoxy) is 1. The van der Waals surface area contributed by atoms with Gasteiger partial charge in [-0.2, -0.15) is 17.5 Å². The minimum atomic E-state index is -5.31. The predicted molar refractivity (Wildman–Crippen MR) is 108 cm³/mol. The molecule has 1 aliphatic rings. The van der Waals surface area contributed by atoms with E-state index in [4.69, 9.17) is 4.74 Å². The molecule has 33 heavy (non-hydrogen) atoms. The van der Waals surface area contributed by atoms with Crippen molar-refractivity contribution in [3.05, 3.63) is 24.0 Å². The van der Waals surface area contributed by atoms with Crippen molar-refractivity contribution >= 4 is 27.7 Å². The molecule has 1 aromatic rings. The smallest absolute Gasteiger partial charge is 0.426 e. The number of nitrogens with zero attached hydrogens (tertiary/aromatic N) is 2.